The Hall–Kier alpha value is -0.800. The first-order valence-corrected chi connectivity index (χ1v) is 4.99. The van der Waals surface area contributed by atoms with Crippen molar-refractivity contribution in [3.05, 3.63) is 22.8 Å². The van der Waals surface area contributed by atoms with Gasteiger partial charge < -0.3 is 10.1 Å². The summed E-state index contributed by atoms with van der Waals surface area (Å²) < 4.78 is 5.22. The van der Waals surface area contributed by atoms with Crippen molar-refractivity contribution >= 4 is 11.6 Å². The predicted molar refractivity (Wildman–Crippen MR) is 55.8 cm³/mol. The summed E-state index contributed by atoms with van der Waals surface area (Å²) in [4.78, 5) is 4.15. The lowest BCUT2D eigenvalue weighted by molar-refractivity contribution is 0.382. The maximum atomic E-state index is 5.80. The molecule has 1 aliphatic rings. The fraction of sp³-hybridized carbons (Fsp3) is 0.500. The second-order valence-electron chi connectivity index (χ2n) is 3.52. The van der Waals surface area contributed by atoms with Gasteiger partial charge in [-0.1, -0.05) is 11.6 Å². The van der Waals surface area contributed by atoms with Gasteiger partial charge in [0.25, 0.3) is 0 Å². The Morgan fingerprint density at radius 2 is 2.21 bits per heavy atom. The highest BCUT2D eigenvalue weighted by molar-refractivity contribution is 6.29. The van der Waals surface area contributed by atoms with Crippen LogP contribution in [0.1, 0.15) is 18.4 Å². The first-order chi connectivity index (χ1) is 6.72. The molecule has 1 aromatic heterocycles. The van der Waals surface area contributed by atoms with E-state index in [-0.39, 0.29) is 5.54 Å². The van der Waals surface area contributed by atoms with E-state index in [0.29, 0.717) is 11.0 Å². The minimum absolute atomic E-state index is 0.0724. The second-order valence-corrected chi connectivity index (χ2v) is 3.91. The van der Waals surface area contributed by atoms with Gasteiger partial charge in [-0.25, -0.2) is 4.98 Å². The van der Waals surface area contributed by atoms with Crippen molar-refractivity contribution in [1.29, 1.82) is 0 Å². The van der Waals surface area contributed by atoms with E-state index in [4.69, 9.17) is 16.3 Å². The molecule has 1 aromatic rings. The molecule has 0 atom stereocenters. The summed E-state index contributed by atoms with van der Waals surface area (Å²) in [6.07, 6.45) is 2.26. The molecular formula is C10H13ClN2O. The molecule has 1 N–H and O–H groups in total. The number of pyridine rings is 1. The second kappa shape index (κ2) is 3.41. The Labute approximate surface area is 88.4 Å². The van der Waals surface area contributed by atoms with E-state index < -0.39 is 0 Å². The van der Waals surface area contributed by atoms with Crippen LogP contribution in [0.3, 0.4) is 0 Å². The minimum atomic E-state index is 0.0724. The van der Waals surface area contributed by atoms with Gasteiger partial charge in [0.1, 0.15) is 5.15 Å². The van der Waals surface area contributed by atoms with Gasteiger partial charge in [0.05, 0.1) is 7.11 Å². The topological polar surface area (TPSA) is 34.2 Å². The highest BCUT2D eigenvalue weighted by Gasteiger charge is 2.45. The monoisotopic (exact) mass is 212 g/mol. The molecule has 4 heteroatoms. The summed E-state index contributed by atoms with van der Waals surface area (Å²) in [6, 6.07) is 3.79. The number of aromatic nitrogens is 1. The number of ether oxygens (including phenoxy) is 1. The molecule has 0 spiro atoms. The fourth-order valence-corrected chi connectivity index (χ4v) is 1.86. The van der Waals surface area contributed by atoms with Crippen molar-refractivity contribution in [2.45, 2.75) is 18.4 Å². The molecule has 76 valence electrons. The number of methoxy groups -OCH3 is 1. The van der Waals surface area contributed by atoms with Crippen LogP contribution in [0.25, 0.3) is 0 Å². The van der Waals surface area contributed by atoms with Crippen molar-refractivity contribution < 1.29 is 4.74 Å². The van der Waals surface area contributed by atoms with Crippen molar-refractivity contribution in [3.8, 4) is 5.88 Å². The standard InChI is InChI=1S/C10H13ClN2O/c1-12-10(5-6-10)7-3-4-8(11)13-9(7)14-2/h3-4,12H,5-6H2,1-2H3. The number of halogens is 1. The van der Waals surface area contributed by atoms with Crippen LogP contribution in [0, 0.1) is 0 Å². The molecule has 1 fully saturated rings. The average molecular weight is 213 g/mol. The lowest BCUT2D eigenvalue weighted by atomic mass is 10.1. The molecule has 0 unspecified atom stereocenters. The number of hydrogen-bond donors (Lipinski definition) is 1. The van der Waals surface area contributed by atoms with Gasteiger partial charge in [-0.05, 0) is 32.0 Å². The molecule has 0 aliphatic heterocycles. The third-order valence-corrected chi connectivity index (χ3v) is 2.97. The molecule has 0 bridgehead atoms. The van der Waals surface area contributed by atoms with E-state index in [1.54, 1.807) is 13.2 Å². The zero-order valence-electron chi connectivity index (χ0n) is 8.30. The van der Waals surface area contributed by atoms with Crippen molar-refractivity contribution in [3.63, 3.8) is 0 Å². The fourth-order valence-electron chi connectivity index (χ4n) is 1.72. The molecule has 3 nitrogen and oxygen atoms in total. The smallest absolute Gasteiger partial charge is 0.219 e. The van der Waals surface area contributed by atoms with E-state index >= 15 is 0 Å². The van der Waals surface area contributed by atoms with Crippen molar-refractivity contribution in [2.75, 3.05) is 14.2 Å². The lowest BCUT2D eigenvalue weighted by Crippen LogP contribution is -2.25. The zero-order valence-corrected chi connectivity index (χ0v) is 9.06. The Bertz CT molecular complexity index is 350. The molecule has 0 saturated heterocycles. The Morgan fingerprint density at radius 3 is 2.71 bits per heavy atom. The SMILES string of the molecule is CNC1(c2ccc(Cl)nc2OC)CC1. The van der Waals surface area contributed by atoms with Gasteiger partial charge in [0.2, 0.25) is 5.88 Å². The molecule has 0 amide bonds. The lowest BCUT2D eigenvalue weighted by Gasteiger charge is -2.16. The third kappa shape index (κ3) is 1.47. The summed E-state index contributed by atoms with van der Waals surface area (Å²) >= 11 is 5.80. The Morgan fingerprint density at radius 1 is 1.50 bits per heavy atom. The van der Waals surface area contributed by atoms with Crippen molar-refractivity contribution in [1.82, 2.24) is 10.3 Å². The summed E-state index contributed by atoms with van der Waals surface area (Å²) in [5, 5.41) is 3.77. The minimum Gasteiger partial charge on any atom is -0.481 e. The van der Waals surface area contributed by atoms with E-state index in [0.717, 1.165) is 18.4 Å². The largest absolute Gasteiger partial charge is 0.481 e. The first kappa shape index (κ1) is 9.74. The van der Waals surface area contributed by atoms with Crippen LogP contribution < -0.4 is 10.1 Å². The van der Waals surface area contributed by atoms with Crippen LogP contribution >= 0.6 is 11.6 Å². The molecule has 0 aromatic carbocycles. The van der Waals surface area contributed by atoms with Crippen LogP contribution in [0.15, 0.2) is 12.1 Å². The van der Waals surface area contributed by atoms with Crippen LogP contribution in [0.4, 0.5) is 0 Å². The molecule has 0 radical (unpaired) electrons. The van der Waals surface area contributed by atoms with Gasteiger partial charge in [0.15, 0.2) is 0 Å². The Balaban J connectivity index is 2.42. The number of nitrogens with zero attached hydrogens (tertiary/aromatic N) is 1. The molecule has 1 aliphatic carbocycles. The highest BCUT2D eigenvalue weighted by atomic mass is 35.5. The number of rotatable bonds is 3. The van der Waals surface area contributed by atoms with Gasteiger partial charge in [-0.3, -0.25) is 0 Å². The van der Waals surface area contributed by atoms with E-state index in [1.807, 2.05) is 13.1 Å². The summed E-state index contributed by atoms with van der Waals surface area (Å²) in [5.41, 5.74) is 1.18. The predicted octanol–water partition coefficient (Wildman–Crippen LogP) is 1.95. The normalized spacial score (nSPS) is 17.9. The summed E-state index contributed by atoms with van der Waals surface area (Å²) in [7, 11) is 3.58. The van der Waals surface area contributed by atoms with Crippen molar-refractivity contribution in [2.24, 2.45) is 0 Å². The maximum Gasteiger partial charge on any atom is 0.219 e. The van der Waals surface area contributed by atoms with E-state index in [9.17, 15) is 0 Å². The summed E-state index contributed by atoms with van der Waals surface area (Å²) in [6.45, 7) is 0. The van der Waals surface area contributed by atoms with Gasteiger partial charge >= 0.3 is 0 Å². The molecule has 2 rings (SSSR count). The van der Waals surface area contributed by atoms with E-state index in [1.165, 1.54) is 0 Å². The first-order valence-electron chi connectivity index (χ1n) is 4.62. The van der Waals surface area contributed by atoms with Crippen LogP contribution in [0.5, 0.6) is 5.88 Å². The molecule has 1 saturated carbocycles. The Kier molecular flexibility index (Phi) is 2.37. The van der Waals surface area contributed by atoms with Gasteiger partial charge in [-0.15, -0.1) is 0 Å². The van der Waals surface area contributed by atoms with Gasteiger partial charge in [-0.2, -0.15) is 0 Å². The average Bonchev–Trinajstić information content (AvgIpc) is 2.98. The molecular weight excluding hydrogens is 200 g/mol. The van der Waals surface area contributed by atoms with Crippen LogP contribution in [-0.4, -0.2) is 19.1 Å². The van der Waals surface area contributed by atoms with E-state index in [2.05, 4.69) is 10.3 Å². The van der Waals surface area contributed by atoms with Crippen LogP contribution in [0.2, 0.25) is 5.15 Å². The highest BCUT2D eigenvalue weighted by Crippen LogP contribution is 2.48. The summed E-state index contributed by atoms with van der Waals surface area (Å²) in [5.74, 6) is 0.629. The quantitative estimate of drug-likeness (QED) is 0.778. The molecule has 1 heterocycles. The maximum absolute atomic E-state index is 5.80. The third-order valence-electron chi connectivity index (χ3n) is 2.76. The molecule has 14 heavy (non-hydrogen) atoms. The zero-order chi connectivity index (χ0) is 10.2. The van der Waals surface area contributed by atoms with Crippen LogP contribution in [-0.2, 0) is 5.54 Å². The van der Waals surface area contributed by atoms with Gasteiger partial charge in [0, 0.05) is 11.1 Å². The number of hydrogen-bond acceptors (Lipinski definition) is 3. The number of nitrogens with one attached hydrogen (secondary N) is 1.